The lowest BCUT2D eigenvalue weighted by Crippen LogP contribution is -2.21. The van der Waals surface area contributed by atoms with Crippen molar-refractivity contribution in [3.05, 3.63) is 83.6 Å². The number of aryl methyl sites for hydroxylation is 1. The standard InChI is InChI=1S/C24H21F3N6O/c1-34-23-20(32-14-12-28-15-32)10-8-16(29-23)9-11-21-30-22-18(6-4-13-33(22)31-21)17-5-2-3-7-19(17)24(25,26)27/h2-3,5,7-12,14-15,18H,4,6,13H2,1H3/b11-9+/t18-/m1/s1. The predicted molar refractivity (Wildman–Crippen MR) is 119 cm³/mol. The summed E-state index contributed by atoms with van der Waals surface area (Å²) < 4.78 is 49.7. The number of ether oxygens (including phenoxy) is 1. The fraction of sp³-hybridized carbons (Fsp3) is 0.250. The van der Waals surface area contributed by atoms with Crippen molar-refractivity contribution in [2.45, 2.75) is 31.5 Å². The third-order valence-corrected chi connectivity index (χ3v) is 5.77. The number of pyridine rings is 1. The molecule has 174 valence electrons. The average molecular weight is 466 g/mol. The van der Waals surface area contributed by atoms with Crippen molar-refractivity contribution < 1.29 is 17.9 Å². The van der Waals surface area contributed by atoms with Crippen molar-refractivity contribution >= 4 is 12.2 Å². The van der Waals surface area contributed by atoms with E-state index in [2.05, 4.69) is 20.1 Å². The topological polar surface area (TPSA) is 70.7 Å². The number of rotatable bonds is 5. The quantitative estimate of drug-likeness (QED) is 0.415. The molecule has 0 bridgehead atoms. The zero-order valence-corrected chi connectivity index (χ0v) is 18.3. The van der Waals surface area contributed by atoms with Crippen molar-refractivity contribution in [3.63, 3.8) is 0 Å². The fourth-order valence-electron chi connectivity index (χ4n) is 4.24. The number of fused-ring (bicyclic) bond motifs is 1. The van der Waals surface area contributed by atoms with Gasteiger partial charge in [0.2, 0.25) is 5.88 Å². The normalized spacial score (nSPS) is 16.1. The van der Waals surface area contributed by atoms with E-state index in [0.717, 1.165) is 18.2 Å². The van der Waals surface area contributed by atoms with Crippen LogP contribution < -0.4 is 4.74 Å². The van der Waals surface area contributed by atoms with Crippen LogP contribution in [0.15, 0.2) is 55.1 Å². The first kappa shape index (κ1) is 21.9. The Hall–Kier alpha value is -3.95. The number of hydrogen-bond donors (Lipinski definition) is 0. The molecule has 0 saturated heterocycles. The highest BCUT2D eigenvalue weighted by molar-refractivity contribution is 5.65. The van der Waals surface area contributed by atoms with Gasteiger partial charge in [-0.05, 0) is 48.8 Å². The van der Waals surface area contributed by atoms with Crippen LogP contribution in [0.25, 0.3) is 17.8 Å². The van der Waals surface area contributed by atoms with E-state index in [-0.39, 0.29) is 5.56 Å². The largest absolute Gasteiger partial charge is 0.479 e. The minimum atomic E-state index is -4.42. The summed E-state index contributed by atoms with van der Waals surface area (Å²) in [5, 5.41) is 4.50. The van der Waals surface area contributed by atoms with Crippen molar-refractivity contribution in [1.82, 2.24) is 29.3 Å². The first-order chi connectivity index (χ1) is 16.4. The molecule has 0 N–H and O–H groups in total. The summed E-state index contributed by atoms with van der Waals surface area (Å²) in [5.74, 6) is 0.935. The van der Waals surface area contributed by atoms with Gasteiger partial charge in [-0.15, -0.1) is 0 Å². The molecule has 7 nitrogen and oxygen atoms in total. The molecule has 0 fully saturated rings. The summed E-state index contributed by atoms with van der Waals surface area (Å²) in [4.78, 5) is 13.1. The van der Waals surface area contributed by atoms with Crippen molar-refractivity contribution in [2.75, 3.05) is 7.11 Å². The molecule has 34 heavy (non-hydrogen) atoms. The van der Waals surface area contributed by atoms with Gasteiger partial charge in [0.15, 0.2) is 5.82 Å². The molecule has 0 amide bonds. The number of hydrogen-bond acceptors (Lipinski definition) is 5. The van der Waals surface area contributed by atoms with Crippen LogP contribution in [-0.4, -0.2) is 36.4 Å². The molecule has 10 heteroatoms. The summed E-state index contributed by atoms with van der Waals surface area (Å²) >= 11 is 0. The van der Waals surface area contributed by atoms with E-state index < -0.39 is 17.7 Å². The highest BCUT2D eigenvalue weighted by Gasteiger charge is 2.37. The highest BCUT2D eigenvalue weighted by Crippen LogP contribution is 2.40. The van der Waals surface area contributed by atoms with Crippen LogP contribution in [0.2, 0.25) is 0 Å². The van der Waals surface area contributed by atoms with Gasteiger partial charge in [-0.2, -0.15) is 18.3 Å². The second kappa shape index (κ2) is 8.77. The summed E-state index contributed by atoms with van der Waals surface area (Å²) in [6, 6.07) is 9.39. The Labute approximate surface area is 193 Å². The Balaban J connectivity index is 1.44. The van der Waals surface area contributed by atoms with Crippen molar-refractivity contribution in [3.8, 4) is 11.6 Å². The molecule has 1 aliphatic rings. The first-order valence-corrected chi connectivity index (χ1v) is 10.8. The molecule has 1 aromatic carbocycles. The number of benzene rings is 1. The molecule has 0 radical (unpaired) electrons. The Bertz CT molecular complexity index is 1330. The number of imidazole rings is 1. The lowest BCUT2D eigenvalue weighted by Gasteiger charge is -2.25. The minimum absolute atomic E-state index is 0.236. The lowest BCUT2D eigenvalue weighted by atomic mass is 9.88. The van der Waals surface area contributed by atoms with Gasteiger partial charge in [0.05, 0.1) is 24.7 Å². The minimum Gasteiger partial charge on any atom is -0.479 e. The van der Waals surface area contributed by atoms with E-state index in [1.54, 1.807) is 53.3 Å². The molecule has 0 spiro atoms. The monoisotopic (exact) mass is 466 g/mol. The third kappa shape index (κ3) is 4.18. The smallest absolute Gasteiger partial charge is 0.416 e. The molecule has 1 atom stereocenters. The summed E-state index contributed by atoms with van der Waals surface area (Å²) in [7, 11) is 1.54. The van der Waals surface area contributed by atoms with E-state index in [0.29, 0.717) is 36.2 Å². The Morgan fingerprint density at radius 2 is 1.94 bits per heavy atom. The number of methoxy groups -OCH3 is 1. The van der Waals surface area contributed by atoms with Crippen LogP contribution in [0.1, 0.15) is 47.2 Å². The van der Waals surface area contributed by atoms with Gasteiger partial charge in [0.1, 0.15) is 11.5 Å². The number of halogens is 3. The average Bonchev–Trinajstić information content (AvgIpc) is 3.52. The first-order valence-electron chi connectivity index (χ1n) is 10.8. The molecule has 1 aliphatic heterocycles. The van der Waals surface area contributed by atoms with E-state index in [9.17, 15) is 13.2 Å². The maximum Gasteiger partial charge on any atom is 0.416 e. The molecule has 4 aromatic rings. The van der Waals surface area contributed by atoms with Crippen LogP contribution >= 0.6 is 0 Å². The van der Waals surface area contributed by atoms with Gasteiger partial charge in [-0.3, -0.25) is 0 Å². The SMILES string of the molecule is COc1nc(/C=C/c2nc3n(n2)CCC[C@@H]3c2ccccc2C(F)(F)F)ccc1-n1ccnc1. The third-order valence-electron chi connectivity index (χ3n) is 5.77. The molecule has 0 saturated carbocycles. The fourth-order valence-corrected chi connectivity index (χ4v) is 4.24. The van der Waals surface area contributed by atoms with Crippen LogP contribution in [0, 0.1) is 0 Å². The van der Waals surface area contributed by atoms with Gasteiger partial charge in [-0.1, -0.05) is 18.2 Å². The van der Waals surface area contributed by atoms with E-state index >= 15 is 0 Å². The lowest BCUT2D eigenvalue weighted by molar-refractivity contribution is -0.138. The molecule has 0 unspecified atom stereocenters. The van der Waals surface area contributed by atoms with Gasteiger partial charge < -0.3 is 9.30 Å². The summed E-state index contributed by atoms with van der Waals surface area (Å²) in [6.45, 7) is 0.618. The Kier molecular flexibility index (Phi) is 5.64. The molecule has 0 aliphatic carbocycles. The van der Waals surface area contributed by atoms with Gasteiger partial charge in [0.25, 0.3) is 0 Å². The second-order valence-corrected chi connectivity index (χ2v) is 7.90. The number of nitrogens with zero attached hydrogens (tertiary/aromatic N) is 6. The van der Waals surface area contributed by atoms with E-state index in [1.165, 1.54) is 12.1 Å². The zero-order valence-electron chi connectivity index (χ0n) is 18.3. The second-order valence-electron chi connectivity index (χ2n) is 7.90. The molecular weight excluding hydrogens is 445 g/mol. The number of alkyl halides is 3. The maximum atomic E-state index is 13.6. The Morgan fingerprint density at radius 1 is 1.09 bits per heavy atom. The molecular formula is C24H21F3N6O. The highest BCUT2D eigenvalue weighted by atomic mass is 19.4. The molecule has 4 heterocycles. The molecule has 3 aromatic heterocycles. The van der Waals surface area contributed by atoms with Crippen LogP contribution in [0.4, 0.5) is 13.2 Å². The maximum absolute atomic E-state index is 13.6. The summed E-state index contributed by atoms with van der Waals surface area (Å²) in [6.07, 6.45) is 5.46. The zero-order chi connectivity index (χ0) is 23.7. The van der Waals surface area contributed by atoms with Gasteiger partial charge in [0, 0.05) is 24.9 Å². The van der Waals surface area contributed by atoms with Crippen molar-refractivity contribution in [1.29, 1.82) is 0 Å². The van der Waals surface area contributed by atoms with Gasteiger partial charge >= 0.3 is 6.18 Å². The van der Waals surface area contributed by atoms with E-state index in [4.69, 9.17) is 4.74 Å². The van der Waals surface area contributed by atoms with Crippen molar-refractivity contribution in [2.24, 2.45) is 0 Å². The summed E-state index contributed by atoms with van der Waals surface area (Å²) in [5.41, 5.74) is 0.995. The van der Waals surface area contributed by atoms with Crippen LogP contribution in [0.5, 0.6) is 5.88 Å². The number of aromatic nitrogens is 6. The molecule has 5 rings (SSSR count). The predicted octanol–water partition coefficient (Wildman–Crippen LogP) is 4.98. The Morgan fingerprint density at radius 3 is 2.71 bits per heavy atom. The van der Waals surface area contributed by atoms with Crippen LogP contribution in [0.3, 0.4) is 0 Å². The van der Waals surface area contributed by atoms with Crippen LogP contribution in [-0.2, 0) is 12.7 Å². The van der Waals surface area contributed by atoms with E-state index in [1.807, 2.05) is 12.1 Å². The van der Waals surface area contributed by atoms with Gasteiger partial charge in [-0.25, -0.2) is 19.6 Å².